The van der Waals surface area contributed by atoms with Gasteiger partial charge in [-0.15, -0.1) is 0 Å². The number of methoxy groups -OCH3 is 1. The number of aliphatic carboxylic acids is 1. The summed E-state index contributed by atoms with van der Waals surface area (Å²) >= 11 is 0. The molecule has 2 heterocycles. The third-order valence-corrected chi connectivity index (χ3v) is 11.9. The Balaban J connectivity index is 1.36. The van der Waals surface area contributed by atoms with Gasteiger partial charge in [0.05, 0.1) is 49.2 Å². The van der Waals surface area contributed by atoms with Gasteiger partial charge in [0.15, 0.2) is 30.2 Å². The number of hydrogen-bond donors (Lipinski definition) is 13. The van der Waals surface area contributed by atoms with E-state index >= 15 is 0 Å². The number of benzene rings is 3. The maximum atomic E-state index is 14.1. The molecule has 22 heteroatoms. The quantitative estimate of drug-likeness (QED) is 0.0754. The number of carbonyl (C=O) groups excluding carboxylic acids is 3. The normalized spacial score (nSPS) is 30.4. The van der Waals surface area contributed by atoms with E-state index in [1.54, 1.807) is 6.92 Å². The first-order valence-corrected chi connectivity index (χ1v) is 19.5. The summed E-state index contributed by atoms with van der Waals surface area (Å²) in [6.45, 7) is 1.04. The van der Waals surface area contributed by atoms with Crippen molar-refractivity contribution >= 4 is 23.4 Å². The highest BCUT2D eigenvalue weighted by atomic mass is 16.7. The predicted molar refractivity (Wildman–Crippen MR) is 208 cm³/mol. The highest BCUT2D eigenvalue weighted by Gasteiger charge is 2.52. The molecule has 22 nitrogen and oxygen atoms in total. The number of carbonyl (C=O) groups is 4. The van der Waals surface area contributed by atoms with E-state index in [1.807, 2.05) is 0 Å². The van der Waals surface area contributed by atoms with Crippen molar-refractivity contribution < 1.29 is 99.0 Å². The van der Waals surface area contributed by atoms with E-state index in [0.29, 0.717) is 0 Å². The number of carboxylic acids is 1. The second-order valence-corrected chi connectivity index (χ2v) is 15.6. The number of likely N-dealkylation sites (N-methyl/N-ethyl adjacent to an activating group) is 1. The van der Waals surface area contributed by atoms with Crippen molar-refractivity contribution in [2.24, 2.45) is 0 Å². The Morgan fingerprint density at radius 3 is 2.05 bits per heavy atom. The van der Waals surface area contributed by atoms with E-state index in [1.165, 1.54) is 27.1 Å². The van der Waals surface area contributed by atoms with E-state index < -0.39 is 167 Å². The van der Waals surface area contributed by atoms with Crippen LogP contribution in [0.15, 0.2) is 24.3 Å². The molecule has 13 N–H and O–H groups in total. The highest BCUT2D eigenvalue weighted by molar-refractivity contribution is 6.31. The number of fused-ring (bicyclic) bond motifs is 5. The molecule has 3 aromatic rings. The molecule has 13 atom stereocenters. The summed E-state index contributed by atoms with van der Waals surface area (Å²) in [5.74, 6) is -7.30. The molecule has 2 aliphatic heterocycles. The van der Waals surface area contributed by atoms with Crippen LogP contribution in [0.3, 0.4) is 0 Å². The molecule has 1 amide bonds. The van der Waals surface area contributed by atoms with Gasteiger partial charge >= 0.3 is 5.97 Å². The van der Waals surface area contributed by atoms with Crippen LogP contribution in [0.4, 0.5) is 0 Å². The number of phenolic OH excluding ortho intramolecular Hbond substituents is 3. The minimum Gasteiger partial charge on any atom is -0.507 e. The molecule has 0 saturated carbocycles. The Labute approximate surface area is 356 Å². The van der Waals surface area contributed by atoms with Gasteiger partial charge in [-0.25, -0.2) is 4.79 Å². The standard InChI is InChI=1S/C41H46N2O20/c1-11-5-17-24(31(51)21(11)38(56)43-18(9-44)39(57)58)23-15(8-16-25(32(23)52)28(48)14-6-13(59-4)7-19(46)22(14)27(16)47)29(49)36(17)62-41-35(55)37(26(42-3)12(2)60-41)63-40-34(54)33(53)30(50)20(10-45)61-40/h5-8,12,18,20,26,29-30,33-37,40-42,44-46,49-55H,9-10H2,1-4H3,(H,43,56)(H,57,58)/t12-,18+,20-,26+,29+,30+,33+,34-,35-,36+,37+,40+,41+/m1/s1. The van der Waals surface area contributed by atoms with Gasteiger partial charge in [0.1, 0.15) is 71.8 Å². The molecule has 0 radical (unpaired) electrons. The fourth-order valence-electron chi connectivity index (χ4n) is 8.66. The van der Waals surface area contributed by atoms with E-state index in [2.05, 4.69) is 10.6 Å². The lowest BCUT2D eigenvalue weighted by Gasteiger charge is -2.48. The molecule has 2 fully saturated rings. The highest BCUT2D eigenvalue weighted by Crippen LogP contribution is 2.57. The molecule has 0 unspecified atom stereocenters. The lowest BCUT2D eigenvalue weighted by Crippen LogP contribution is -2.66. The zero-order valence-corrected chi connectivity index (χ0v) is 33.8. The van der Waals surface area contributed by atoms with Crippen molar-refractivity contribution in [3.05, 3.63) is 68.8 Å². The van der Waals surface area contributed by atoms with Crippen LogP contribution in [-0.4, -0.2) is 174 Å². The lowest BCUT2D eigenvalue weighted by atomic mass is 9.74. The number of nitrogens with one attached hydrogen (secondary N) is 2. The van der Waals surface area contributed by atoms with Crippen molar-refractivity contribution in [2.45, 2.75) is 93.4 Å². The molecule has 340 valence electrons. The molecule has 0 spiro atoms. The number of aryl methyl sites for hydroxylation is 1. The van der Waals surface area contributed by atoms with Crippen molar-refractivity contribution in [3.63, 3.8) is 0 Å². The molecule has 0 aromatic heterocycles. The van der Waals surface area contributed by atoms with E-state index in [4.69, 9.17) is 23.7 Å². The zero-order chi connectivity index (χ0) is 46.1. The number of ketones is 2. The molecule has 63 heavy (non-hydrogen) atoms. The number of phenols is 3. The first kappa shape index (κ1) is 45.7. The van der Waals surface area contributed by atoms with Crippen LogP contribution in [0.5, 0.6) is 23.0 Å². The average Bonchev–Trinajstić information content (AvgIpc) is 3.24. The smallest absolute Gasteiger partial charge is 0.328 e. The maximum absolute atomic E-state index is 14.1. The number of aromatic hydroxyl groups is 3. The first-order valence-electron chi connectivity index (χ1n) is 19.5. The van der Waals surface area contributed by atoms with E-state index in [9.17, 15) is 75.3 Å². The molecule has 3 aromatic carbocycles. The maximum Gasteiger partial charge on any atom is 0.328 e. The van der Waals surface area contributed by atoms with Gasteiger partial charge in [-0.2, -0.15) is 0 Å². The summed E-state index contributed by atoms with van der Waals surface area (Å²) in [6, 6.07) is 1.78. The van der Waals surface area contributed by atoms with Crippen LogP contribution >= 0.6 is 0 Å². The van der Waals surface area contributed by atoms with Gasteiger partial charge in [-0.1, -0.05) is 6.07 Å². The Bertz CT molecular complexity index is 2350. The minimum atomic E-state index is -1.96. The van der Waals surface area contributed by atoms with Gasteiger partial charge in [0, 0.05) is 28.3 Å². The molecule has 4 aliphatic rings. The number of carboxylic acid groups (broad SMARTS) is 1. The van der Waals surface area contributed by atoms with Gasteiger partial charge in [-0.05, 0) is 49.7 Å². The number of aliphatic hydroxyl groups is 7. The third kappa shape index (κ3) is 7.46. The lowest BCUT2D eigenvalue weighted by molar-refractivity contribution is -0.351. The second kappa shape index (κ2) is 17.3. The number of rotatable bonds is 11. The molecular weight excluding hydrogens is 840 g/mol. The van der Waals surface area contributed by atoms with E-state index in [0.717, 1.165) is 18.2 Å². The van der Waals surface area contributed by atoms with Gasteiger partial charge in [0.25, 0.3) is 5.91 Å². The van der Waals surface area contributed by atoms with Gasteiger partial charge in [-0.3, -0.25) is 14.4 Å². The molecule has 2 saturated heterocycles. The summed E-state index contributed by atoms with van der Waals surface area (Å²) in [7, 11) is 2.74. The summed E-state index contributed by atoms with van der Waals surface area (Å²) in [6.07, 6.45) is -18.2. The van der Waals surface area contributed by atoms with Crippen LogP contribution in [0.25, 0.3) is 11.1 Å². The monoisotopic (exact) mass is 886 g/mol. The summed E-state index contributed by atoms with van der Waals surface area (Å²) in [4.78, 5) is 53.5. The molecule has 7 rings (SSSR count). The van der Waals surface area contributed by atoms with Crippen molar-refractivity contribution in [1.29, 1.82) is 0 Å². The van der Waals surface area contributed by atoms with Crippen LogP contribution in [0.1, 0.15) is 78.0 Å². The summed E-state index contributed by atoms with van der Waals surface area (Å²) < 4.78 is 29.0. The molecular formula is C41H46N2O20. The number of aliphatic hydroxyl groups excluding tert-OH is 7. The van der Waals surface area contributed by atoms with Gasteiger partial charge < -0.3 is 90.5 Å². The van der Waals surface area contributed by atoms with Crippen LogP contribution in [0, 0.1) is 6.92 Å². The Morgan fingerprint density at radius 2 is 1.43 bits per heavy atom. The van der Waals surface area contributed by atoms with Crippen LogP contribution in [0.2, 0.25) is 0 Å². The SMILES string of the molecule is CN[C@@H]1[C@H](O[C@@H]2O[C@H](CO)[C@H](O)[C@H](O)[C@H]2O)[C@@H](O)[C@H](O[C@H]2c3cc(C)c(C(=O)N[C@@H](CO)C(=O)O)c(O)c3-c3c(cc4c(c3O)C(=O)c3cc(OC)cc(O)c3C4=O)[C@@H]2O)O[C@@H]1C. The fraction of sp³-hybridized carbons (Fsp3) is 0.463. The summed E-state index contributed by atoms with van der Waals surface area (Å²) in [5.41, 5.74) is -4.00. The largest absolute Gasteiger partial charge is 0.507 e. The first-order chi connectivity index (χ1) is 29.8. The Hall–Kier alpha value is -5.34. The molecule has 2 aliphatic carbocycles. The Morgan fingerprint density at radius 1 is 0.794 bits per heavy atom. The van der Waals surface area contributed by atoms with Crippen molar-refractivity contribution in [3.8, 4) is 34.1 Å². The average molecular weight is 887 g/mol. The van der Waals surface area contributed by atoms with Crippen LogP contribution < -0.4 is 15.4 Å². The second-order valence-electron chi connectivity index (χ2n) is 15.6. The number of hydrogen-bond acceptors (Lipinski definition) is 20. The minimum absolute atomic E-state index is 0.0105. The van der Waals surface area contributed by atoms with Crippen molar-refractivity contribution in [2.75, 3.05) is 27.4 Å². The predicted octanol–water partition coefficient (Wildman–Crippen LogP) is -2.28. The Kier molecular flexibility index (Phi) is 12.6. The fourth-order valence-corrected chi connectivity index (χ4v) is 8.66. The van der Waals surface area contributed by atoms with E-state index in [-0.39, 0.29) is 28.0 Å². The van der Waals surface area contributed by atoms with Crippen LogP contribution in [-0.2, 0) is 23.7 Å². The molecule has 0 bridgehead atoms. The third-order valence-electron chi connectivity index (χ3n) is 11.9. The number of amides is 1. The van der Waals surface area contributed by atoms with Gasteiger partial charge in [0.2, 0.25) is 0 Å². The zero-order valence-electron chi connectivity index (χ0n) is 33.8. The summed E-state index contributed by atoms with van der Waals surface area (Å²) in [5, 5.41) is 124. The topological polar surface area (TPSA) is 361 Å². The number of ether oxygens (including phenoxy) is 5. The van der Waals surface area contributed by atoms with Crippen molar-refractivity contribution in [1.82, 2.24) is 10.6 Å².